The molecule has 13 heavy (non-hydrogen) atoms. The molecular formula is C10H10BrFO. The SMILES string of the molecule is OCC1(c2ccc(Br)c(F)c2)CC1. The summed E-state index contributed by atoms with van der Waals surface area (Å²) >= 11 is 3.10. The third-order valence-corrected chi connectivity index (χ3v) is 3.33. The van der Waals surface area contributed by atoms with E-state index in [1.807, 2.05) is 6.07 Å². The van der Waals surface area contributed by atoms with Gasteiger partial charge in [0, 0.05) is 5.41 Å². The molecular weight excluding hydrogens is 235 g/mol. The second-order valence-electron chi connectivity index (χ2n) is 3.57. The molecule has 0 aliphatic heterocycles. The molecule has 0 atom stereocenters. The minimum atomic E-state index is -0.253. The predicted octanol–water partition coefficient (Wildman–Crippen LogP) is 2.61. The van der Waals surface area contributed by atoms with Gasteiger partial charge in [0.15, 0.2) is 0 Å². The molecule has 2 rings (SSSR count). The molecule has 0 saturated heterocycles. The van der Waals surface area contributed by atoms with Crippen LogP contribution in [0.2, 0.25) is 0 Å². The quantitative estimate of drug-likeness (QED) is 0.849. The van der Waals surface area contributed by atoms with Gasteiger partial charge in [0.25, 0.3) is 0 Å². The van der Waals surface area contributed by atoms with E-state index in [-0.39, 0.29) is 17.8 Å². The van der Waals surface area contributed by atoms with Crippen molar-refractivity contribution in [1.82, 2.24) is 0 Å². The number of aliphatic hydroxyl groups is 1. The van der Waals surface area contributed by atoms with Crippen molar-refractivity contribution in [1.29, 1.82) is 0 Å². The van der Waals surface area contributed by atoms with E-state index < -0.39 is 0 Å². The monoisotopic (exact) mass is 244 g/mol. The van der Waals surface area contributed by atoms with Crippen LogP contribution in [-0.4, -0.2) is 11.7 Å². The largest absolute Gasteiger partial charge is 0.395 e. The Morgan fingerprint density at radius 1 is 1.46 bits per heavy atom. The van der Waals surface area contributed by atoms with Crippen molar-refractivity contribution in [2.75, 3.05) is 6.61 Å². The highest BCUT2D eigenvalue weighted by atomic mass is 79.9. The zero-order valence-corrected chi connectivity index (χ0v) is 8.64. The van der Waals surface area contributed by atoms with E-state index >= 15 is 0 Å². The molecule has 1 fully saturated rings. The van der Waals surface area contributed by atoms with Gasteiger partial charge in [-0.15, -0.1) is 0 Å². The minimum absolute atomic E-state index is 0.119. The van der Waals surface area contributed by atoms with Crippen LogP contribution in [-0.2, 0) is 5.41 Å². The van der Waals surface area contributed by atoms with Crippen molar-refractivity contribution >= 4 is 15.9 Å². The molecule has 1 N–H and O–H groups in total. The van der Waals surface area contributed by atoms with Gasteiger partial charge >= 0.3 is 0 Å². The van der Waals surface area contributed by atoms with Gasteiger partial charge in [0.05, 0.1) is 11.1 Å². The van der Waals surface area contributed by atoms with Crippen molar-refractivity contribution in [2.24, 2.45) is 0 Å². The van der Waals surface area contributed by atoms with E-state index in [1.54, 1.807) is 6.07 Å². The van der Waals surface area contributed by atoms with Crippen molar-refractivity contribution in [3.8, 4) is 0 Å². The van der Waals surface area contributed by atoms with E-state index in [4.69, 9.17) is 5.11 Å². The number of benzene rings is 1. The fourth-order valence-electron chi connectivity index (χ4n) is 1.51. The lowest BCUT2D eigenvalue weighted by atomic mass is 9.97. The van der Waals surface area contributed by atoms with Gasteiger partial charge in [-0.05, 0) is 46.5 Å². The third kappa shape index (κ3) is 1.51. The molecule has 70 valence electrons. The minimum Gasteiger partial charge on any atom is -0.395 e. The first-order valence-electron chi connectivity index (χ1n) is 4.24. The van der Waals surface area contributed by atoms with Crippen molar-refractivity contribution in [3.63, 3.8) is 0 Å². The third-order valence-electron chi connectivity index (χ3n) is 2.69. The molecule has 3 heteroatoms. The highest BCUT2D eigenvalue weighted by Crippen LogP contribution is 2.48. The number of halogens is 2. The lowest BCUT2D eigenvalue weighted by Gasteiger charge is -2.11. The number of hydrogen-bond acceptors (Lipinski definition) is 1. The van der Waals surface area contributed by atoms with Gasteiger partial charge in [0.1, 0.15) is 5.82 Å². The maximum absolute atomic E-state index is 13.1. The van der Waals surface area contributed by atoms with Crippen molar-refractivity contribution in [2.45, 2.75) is 18.3 Å². The van der Waals surface area contributed by atoms with Crippen LogP contribution in [0.25, 0.3) is 0 Å². The summed E-state index contributed by atoms with van der Waals surface area (Å²) in [5.74, 6) is -0.253. The Balaban J connectivity index is 2.37. The Morgan fingerprint density at radius 3 is 2.62 bits per heavy atom. The van der Waals surface area contributed by atoms with E-state index in [0.29, 0.717) is 4.47 Å². The Morgan fingerprint density at radius 2 is 2.15 bits per heavy atom. The van der Waals surface area contributed by atoms with Crippen LogP contribution in [0.15, 0.2) is 22.7 Å². The molecule has 0 spiro atoms. The molecule has 0 bridgehead atoms. The van der Waals surface area contributed by atoms with Gasteiger partial charge in [-0.1, -0.05) is 6.07 Å². The van der Waals surface area contributed by atoms with Crippen molar-refractivity contribution in [3.05, 3.63) is 34.1 Å². The number of aliphatic hydroxyl groups excluding tert-OH is 1. The molecule has 1 aromatic carbocycles. The topological polar surface area (TPSA) is 20.2 Å². The Hall–Kier alpha value is -0.410. The van der Waals surface area contributed by atoms with Crippen LogP contribution in [0.3, 0.4) is 0 Å². The standard InChI is InChI=1S/C10H10BrFO/c11-8-2-1-7(5-9(8)12)10(6-13)3-4-10/h1-2,5,13H,3-4,6H2. The summed E-state index contributed by atoms with van der Waals surface area (Å²) in [6.07, 6.45) is 1.93. The maximum Gasteiger partial charge on any atom is 0.137 e. The molecule has 1 nitrogen and oxygen atoms in total. The second kappa shape index (κ2) is 3.07. The molecule has 1 aromatic rings. The lowest BCUT2D eigenvalue weighted by Crippen LogP contribution is -2.11. The zero-order chi connectivity index (χ0) is 9.47. The Bertz CT molecular complexity index is 334. The molecule has 0 amide bonds. The summed E-state index contributed by atoms with van der Waals surface area (Å²) in [6.45, 7) is 0.119. The average molecular weight is 245 g/mol. The Labute approximate surface area is 84.7 Å². The van der Waals surface area contributed by atoms with Gasteiger partial charge in [-0.2, -0.15) is 0 Å². The summed E-state index contributed by atoms with van der Waals surface area (Å²) in [5.41, 5.74) is 0.775. The van der Waals surface area contributed by atoms with Crippen LogP contribution in [0, 0.1) is 5.82 Å². The summed E-state index contributed by atoms with van der Waals surface area (Å²) in [7, 11) is 0. The van der Waals surface area contributed by atoms with E-state index in [1.165, 1.54) is 6.07 Å². The van der Waals surface area contributed by atoms with Crippen molar-refractivity contribution < 1.29 is 9.50 Å². The summed E-state index contributed by atoms with van der Waals surface area (Å²) < 4.78 is 13.6. The molecule has 0 radical (unpaired) electrons. The Kier molecular flexibility index (Phi) is 2.16. The van der Waals surface area contributed by atoms with E-state index in [9.17, 15) is 4.39 Å². The summed E-state index contributed by atoms with van der Waals surface area (Å²) in [5, 5.41) is 9.14. The second-order valence-corrected chi connectivity index (χ2v) is 4.42. The number of rotatable bonds is 2. The fourth-order valence-corrected chi connectivity index (χ4v) is 1.76. The molecule has 1 saturated carbocycles. The maximum atomic E-state index is 13.1. The first-order valence-corrected chi connectivity index (χ1v) is 5.04. The predicted molar refractivity (Wildman–Crippen MR) is 52.1 cm³/mol. The number of hydrogen-bond donors (Lipinski definition) is 1. The summed E-state index contributed by atoms with van der Waals surface area (Å²) in [4.78, 5) is 0. The fraction of sp³-hybridized carbons (Fsp3) is 0.400. The normalized spacial score (nSPS) is 18.7. The highest BCUT2D eigenvalue weighted by Gasteiger charge is 2.43. The van der Waals surface area contributed by atoms with Crippen LogP contribution >= 0.6 is 15.9 Å². The molecule has 0 aromatic heterocycles. The molecule has 0 unspecified atom stereocenters. The van der Waals surface area contributed by atoms with Gasteiger partial charge in [-0.25, -0.2) is 4.39 Å². The first-order chi connectivity index (χ1) is 6.18. The van der Waals surface area contributed by atoms with Crippen LogP contribution in [0.5, 0.6) is 0 Å². The first kappa shape index (κ1) is 9.16. The zero-order valence-electron chi connectivity index (χ0n) is 7.06. The molecule has 1 aliphatic rings. The van der Waals surface area contributed by atoms with E-state index in [0.717, 1.165) is 18.4 Å². The lowest BCUT2D eigenvalue weighted by molar-refractivity contribution is 0.255. The molecule has 1 aliphatic carbocycles. The van der Waals surface area contributed by atoms with E-state index in [2.05, 4.69) is 15.9 Å². The van der Waals surface area contributed by atoms with Crippen LogP contribution in [0.1, 0.15) is 18.4 Å². The average Bonchev–Trinajstić information content (AvgIpc) is 2.90. The molecule has 0 heterocycles. The van der Waals surface area contributed by atoms with Gasteiger partial charge in [-0.3, -0.25) is 0 Å². The van der Waals surface area contributed by atoms with Gasteiger partial charge in [0.2, 0.25) is 0 Å². The van der Waals surface area contributed by atoms with Gasteiger partial charge < -0.3 is 5.11 Å². The summed E-state index contributed by atoms with van der Waals surface area (Å²) in [6, 6.07) is 5.07. The van der Waals surface area contributed by atoms with Crippen LogP contribution < -0.4 is 0 Å². The highest BCUT2D eigenvalue weighted by molar-refractivity contribution is 9.10. The smallest absolute Gasteiger partial charge is 0.137 e. The van der Waals surface area contributed by atoms with Crippen LogP contribution in [0.4, 0.5) is 4.39 Å².